The minimum atomic E-state index is -1.21. The zero-order valence-corrected chi connectivity index (χ0v) is 30.4. The van der Waals surface area contributed by atoms with Crippen LogP contribution in [-0.2, 0) is 51.3 Å². The van der Waals surface area contributed by atoms with Gasteiger partial charge in [-0.25, -0.2) is 0 Å². The van der Waals surface area contributed by atoms with Crippen molar-refractivity contribution < 1.29 is 38.3 Å². The Balaban J connectivity index is 1.41. The average Bonchev–Trinajstić information content (AvgIpc) is 3.85. The van der Waals surface area contributed by atoms with E-state index in [-0.39, 0.29) is 38.3 Å². The van der Waals surface area contributed by atoms with Gasteiger partial charge in [-0.15, -0.1) is 0 Å². The molecule has 53 heavy (non-hydrogen) atoms. The number of rotatable bonds is 9. The van der Waals surface area contributed by atoms with Crippen molar-refractivity contribution in [2.45, 2.75) is 102 Å². The molecule has 5 rings (SSSR count). The Kier molecular flexibility index (Phi) is 13.6. The number of carbonyl (C=O) groups excluding carboxylic acids is 7. The number of esters is 1. The van der Waals surface area contributed by atoms with E-state index in [0.717, 1.165) is 11.1 Å². The van der Waals surface area contributed by atoms with E-state index in [9.17, 15) is 33.6 Å². The lowest BCUT2D eigenvalue weighted by Gasteiger charge is -2.32. The molecule has 3 aliphatic rings. The maximum Gasteiger partial charge on any atom is 0.306 e. The van der Waals surface area contributed by atoms with Gasteiger partial charge in [0.2, 0.25) is 35.4 Å². The summed E-state index contributed by atoms with van der Waals surface area (Å²) in [5, 5.41) is 11.0. The van der Waals surface area contributed by atoms with Gasteiger partial charge in [0, 0.05) is 25.9 Å². The van der Waals surface area contributed by atoms with Gasteiger partial charge in [-0.3, -0.25) is 33.6 Å². The first-order valence-electron chi connectivity index (χ1n) is 18.5. The van der Waals surface area contributed by atoms with E-state index in [1.165, 1.54) is 9.80 Å². The van der Waals surface area contributed by atoms with E-state index in [4.69, 9.17) is 4.74 Å². The Bertz CT molecular complexity index is 1640. The van der Waals surface area contributed by atoms with Gasteiger partial charge in [0.15, 0.2) is 0 Å². The van der Waals surface area contributed by atoms with Gasteiger partial charge < -0.3 is 35.8 Å². The van der Waals surface area contributed by atoms with E-state index in [0.29, 0.717) is 38.6 Å². The summed E-state index contributed by atoms with van der Waals surface area (Å²) in [7, 11) is 0. The molecule has 14 nitrogen and oxygen atoms in total. The van der Waals surface area contributed by atoms with Crippen molar-refractivity contribution >= 4 is 41.4 Å². The summed E-state index contributed by atoms with van der Waals surface area (Å²) in [6.45, 7) is 3.93. The van der Waals surface area contributed by atoms with Crippen molar-refractivity contribution in [3.8, 4) is 0 Å². The van der Waals surface area contributed by atoms with Crippen molar-refractivity contribution in [3.63, 3.8) is 0 Å². The molecule has 2 aromatic rings. The number of hydrogen-bond donors (Lipinski definition) is 4. The van der Waals surface area contributed by atoms with E-state index >= 15 is 0 Å². The highest BCUT2D eigenvalue weighted by molar-refractivity contribution is 5.98. The SMILES string of the molecule is CC(C)C[C@@H]1NC(=O)[C@H](Cc2ccccc2)NC(=O)[C@@H]2CCCN2C(=O)[C@H](CCC(=O)OCc2ccccc2)NC(=O)CNC(=O)[C@@H]2CCCN2C1=O. The molecular formula is C39H50N6O8. The maximum atomic E-state index is 14.1. The first-order chi connectivity index (χ1) is 25.5. The molecule has 5 atom stereocenters. The number of hydrogen-bond acceptors (Lipinski definition) is 8. The van der Waals surface area contributed by atoms with Crippen LogP contribution in [-0.4, -0.2) is 101 Å². The highest BCUT2D eigenvalue weighted by atomic mass is 16.5. The van der Waals surface area contributed by atoms with Crippen molar-refractivity contribution in [2.24, 2.45) is 5.92 Å². The minimum absolute atomic E-state index is 0.0135. The Hall–Kier alpha value is -5.27. The monoisotopic (exact) mass is 730 g/mol. The van der Waals surface area contributed by atoms with Crippen LogP contribution in [0.5, 0.6) is 0 Å². The van der Waals surface area contributed by atoms with Crippen LogP contribution in [0, 0.1) is 5.92 Å². The lowest BCUT2D eigenvalue weighted by Crippen LogP contribution is -2.60. The van der Waals surface area contributed by atoms with Crippen LogP contribution in [0.25, 0.3) is 0 Å². The molecule has 3 aliphatic heterocycles. The molecule has 0 aliphatic carbocycles. The fourth-order valence-corrected chi connectivity index (χ4v) is 7.16. The average molecular weight is 731 g/mol. The van der Waals surface area contributed by atoms with Crippen molar-refractivity contribution in [1.29, 1.82) is 0 Å². The van der Waals surface area contributed by atoms with Gasteiger partial charge in [0.25, 0.3) is 0 Å². The topological polar surface area (TPSA) is 183 Å². The number of amides is 6. The van der Waals surface area contributed by atoms with Crippen LogP contribution in [0.1, 0.15) is 69.9 Å². The van der Waals surface area contributed by atoms with Gasteiger partial charge >= 0.3 is 5.97 Å². The molecule has 0 saturated carbocycles. The van der Waals surface area contributed by atoms with Crippen molar-refractivity contribution in [3.05, 3.63) is 71.8 Å². The summed E-state index contributed by atoms with van der Waals surface area (Å²) in [6, 6.07) is 13.2. The van der Waals surface area contributed by atoms with E-state index in [1.807, 2.05) is 74.5 Å². The second-order valence-electron chi connectivity index (χ2n) is 14.3. The summed E-state index contributed by atoms with van der Waals surface area (Å²) in [5.74, 6) is -3.82. The second-order valence-corrected chi connectivity index (χ2v) is 14.3. The van der Waals surface area contributed by atoms with Crippen LogP contribution in [0.2, 0.25) is 0 Å². The molecule has 14 heteroatoms. The fraction of sp³-hybridized carbons (Fsp3) is 0.513. The summed E-state index contributed by atoms with van der Waals surface area (Å²) in [6.07, 6.45) is 1.86. The van der Waals surface area contributed by atoms with Gasteiger partial charge in [0.1, 0.15) is 36.8 Å². The van der Waals surface area contributed by atoms with Gasteiger partial charge in [0.05, 0.1) is 6.54 Å². The number of nitrogens with one attached hydrogen (secondary N) is 4. The third kappa shape index (κ3) is 10.6. The first kappa shape index (κ1) is 38.9. The Labute approximate surface area is 309 Å². The number of carbonyl (C=O) groups is 7. The van der Waals surface area contributed by atoms with Crippen molar-refractivity contribution in [1.82, 2.24) is 31.1 Å². The summed E-state index contributed by atoms with van der Waals surface area (Å²) >= 11 is 0. The Morgan fingerprint density at radius 2 is 1.28 bits per heavy atom. The molecule has 0 aromatic heterocycles. The summed E-state index contributed by atoms with van der Waals surface area (Å²) in [4.78, 5) is 98.3. The van der Waals surface area contributed by atoms with E-state index in [1.54, 1.807) is 0 Å². The number of fused-ring (bicyclic) bond motifs is 2. The molecule has 2 aromatic carbocycles. The lowest BCUT2D eigenvalue weighted by molar-refractivity contribution is -0.147. The minimum Gasteiger partial charge on any atom is -0.461 e. The van der Waals surface area contributed by atoms with Gasteiger partial charge in [-0.05, 0) is 55.6 Å². The lowest BCUT2D eigenvalue weighted by atomic mass is 10.00. The van der Waals surface area contributed by atoms with Gasteiger partial charge in [-0.1, -0.05) is 74.5 Å². The molecule has 0 spiro atoms. The number of benzene rings is 2. The smallest absolute Gasteiger partial charge is 0.306 e. The van der Waals surface area contributed by atoms with Crippen LogP contribution in [0.4, 0.5) is 0 Å². The van der Waals surface area contributed by atoms with E-state index in [2.05, 4.69) is 21.3 Å². The molecule has 0 bridgehead atoms. The molecule has 3 saturated heterocycles. The largest absolute Gasteiger partial charge is 0.461 e. The molecule has 3 fully saturated rings. The molecule has 0 unspecified atom stereocenters. The van der Waals surface area contributed by atoms with Gasteiger partial charge in [-0.2, -0.15) is 0 Å². The number of nitrogens with zero attached hydrogens (tertiary/aromatic N) is 2. The highest BCUT2D eigenvalue weighted by Gasteiger charge is 2.41. The van der Waals surface area contributed by atoms with Crippen LogP contribution < -0.4 is 21.3 Å². The highest BCUT2D eigenvalue weighted by Crippen LogP contribution is 2.23. The zero-order valence-electron chi connectivity index (χ0n) is 30.4. The molecule has 284 valence electrons. The molecular weight excluding hydrogens is 680 g/mol. The molecule has 0 radical (unpaired) electrons. The predicted octanol–water partition coefficient (Wildman–Crippen LogP) is 1.37. The normalized spacial score (nSPS) is 24.7. The Morgan fingerprint density at radius 3 is 1.91 bits per heavy atom. The molecule has 4 N–H and O–H groups in total. The quantitative estimate of drug-likeness (QED) is 0.279. The number of ether oxygens (including phenoxy) is 1. The molecule has 3 heterocycles. The predicted molar refractivity (Wildman–Crippen MR) is 193 cm³/mol. The fourth-order valence-electron chi connectivity index (χ4n) is 7.16. The Morgan fingerprint density at radius 1 is 0.717 bits per heavy atom. The van der Waals surface area contributed by atoms with E-state index < -0.39 is 78.2 Å². The summed E-state index contributed by atoms with van der Waals surface area (Å²) in [5.41, 5.74) is 1.57. The van der Waals surface area contributed by atoms with Crippen LogP contribution >= 0.6 is 0 Å². The first-order valence-corrected chi connectivity index (χ1v) is 18.5. The third-order valence-electron chi connectivity index (χ3n) is 9.85. The van der Waals surface area contributed by atoms with Crippen molar-refractivity contribution in [2.75, 3.05) is 19.6 Å². The van der Waals surface area contributed by atoms with Crippen LogP contribution in [0.15, 0.2) is 60.7 Å². The summed E-state index contributed by atoms with van der Waals surface area (Å²) < 4.78 is 5.39. The molecule has 6 amide bonds. The zero-order chi connectivity index (χ0) is 37.9. The van der Waals surface area contributed by atoms with Crippen LogP contribution in [0.3, 0.4) is 0 Å². The standard InChI is InChI=1S/C39H50N6O8/c1-25(2)21-30-39(52)44-19-9-15-31(44)36(49)40-23-33(46)41-28(17-18-34(47)53-24-27-13-7-4-8-14-27)38(51)45-20-10-16-32(45)37(50)42-29(35(48)43-30)22-26-11-5-3-6-12-26/h3-8,11-14,25,28-32H,9-10,15-24H2,1-2H3,(H,40,49)(H,41,46)(H,42,50)(H,43,48)/t28-,29-,30-,31-,32-/m0/s1. The second kappa shape index (κ2) is 18.5. The maximum absolute atomic E-state index is 14.1. The third-order valence-corrected chi connectivity index (χ3v) is 9.85.